The molecule has 0 atom stereocenters. The summed E-state index contributed by atoms with van der Waals surface area (Å²) < 4.78 is 11.1. The molecule has 4 heteroatoms. The molecule has 0 bridgehead atoms. The maximum atomic E-state index is 6.29. The van der Waals surface area contributed by atoms with E-state index in [4.69, 9.17) is 21.1 Å². The molecule has 2 aromatic carbocycles. The number of ether oxygens (including phenoxy) is 2. The van der Waals surface area contributed by atoms with E-state index in [1.807, 2.05) is 49.4 Å². The van der Waals surface area contributed by atoms with Crippen LogP contribution in [0.15, 0.2) is 42.5 Å². The van der Waals surface area contributed by atoms with E-state index in [0.29, 0.717) is 23.9 Å². The highest BCUT2D eigenvalue weighted by atomic mass is 35.5. The van der Waals surface area contributed by atoms with Gasteiger partial charge in [-0.05, 0) is 24.6 Å². The molecular formula is C17H20ClNO2. The second-order valence-electron chi connectivity index (χ2n) is 4.77. The summed E-state index contributed by atoms with van der Waals surface area (Å²) >= 11 is 6.29. The third-order valence-corrected chi connectivity index (χ3v) is 3.45. The highest BCUT2D eigenvalue weighted by molar-refractivity contribution is 6.32. The number of rotatable bonds is 7. The molecule has 0 aromatic heterocycles. The molecule has 0 spiro atoms. The van der Waals surface area contributed by atoms with Crippen LogP contribution in [0.1, 0.15) is 11.1 Å². The predicted octanol–water partition coefficient (Wildman–Crippen LogP) is 4.18. The Hall–Kier alpha value is -1.55. The largest absolute Gasteiger partial charge is 0.455 e. The molecule has 112 valence electrons. The summed E-state index contributed by atoms with van der Waals surface area (Å²) in [5.41, 5.74) is 2.11. The zero-order valence-electron chi connectivity index (χ0n) is 12.4. The molecule has 0 heterocycles. The molecule has 21 heavy (non-hydrogen) atoms. The minimum absolute atomic E-state index is 0.615. The number of hydrogen-bond donors (Lipinski definition) is 1. The van der Waals surface area contributed by atoms with Crippen LogP contribution in [0, 0.1) is 6.92 Å². The number of hydrogen-bond acceptors (Lipinski definition) is 3. The Kier molecular flexibility index (Phi) is 6.05. The smallest absolute Gasteiger partial charge is 0.150 e. The van der Waals surface area contributed by atoms with Gasteiger partial charge in [0.2, 0.25) is 0 Å². The number of benzene rings is 2. The van der Waals surface area contributed by atoms with Crippen LogP contribution in [0.4, 0.5) is 0 Å². The van der Waals surface area contributed by atoms with Gasteiger partial charge in [-0.1, -0.05) is 41.9 Å². The second kappa shape index (κ2) is 8.03. The molecule has 0 saturated heterocycles. The quantitative estimate of drug-likeness (QED) is 0.779. The topological polar surface area (TPSA) is 30.5 Å². The summed E-state index contributed by atoms with van der Waals surface area (Å²) in [5, 5.41) is 3.92. The Morgan fingerprint density at radius 3 is 2.67 bits per heavy atom. The van der Waals surface area contributed by atoms with Crippen molar-refractivity contribution in [1.82, 2.24) is 5.32 Å². The zero-order chi connectivity index (χ0) is 15.1. The van der Waals surface area contributed by atoms with Crippen molar-refractivity contribution in [3.63, 3.8) is 0 Å². The molecule has 0 unspecified atom stereocenters. The summed E-state index contributed by atoms with van der Waals surface area (Å²) in [5.74, 6) is 1.53. The zero-order valence-corrected chi connectivity index (χ0v) is 13.1. The molecule has 1 N–H and O–H groups in total. The summed E-state index contributed by atoms with van der Waals surface area (Å²) in [6, 6.07) is 13.7. The highest BCUT2D eigenvalue weighted by Gasteiger charge is 2.10. The van der Waals surface area contributed by atoms with Gasteiger partial charge in [-0.3, -0.25) is 0 Å². The van der Waals surface area contributed by atoms with Gasteiger partial charge in [-0.15, -0.1) is 0 Å². The maximum Gasteiger partial charge on any atom is 0.150 e. The molecule has 0 aliphatic rings. The fraction of sp³-hybridized carbons (Fsp3) is 0.294. The van der Waals surface area contributed by atoms with Crippen molar-refractivity contribution < 1.29 is 9.47 Å². The average molecular weight is 306 g/mol. The summed E-state index contributed by atoms with van der Waals surface area (Å²) in [6.45, 7) is 4.16. The Balaban J connectivity index is 2.16. The molecule has 0 fully saturated rings. The molecule has 0 saturated carbocycles. The Morgan fingerprint density at radius 1 is 1.10 bits per heavy atom. The van der Waals surface area contributed by atoms with Gasteiger partial charge >= 0.3 is 0 Å². The minimum atomic E-state index is 0.615. The first-order chi connectivity index (χ1) is 10.2. The summed E-state index contributed by atoms with van der Waals surface area (Å²) in [6.07, 6.45) is 0. The van der Waals surface area contributed by atoms with Crippen LogP contribution >= 0.6 is 11.6 Å². The van der Waals surface area contributed by atoms with Crippen LogP contribution < -0.4 is 10.1 Å². The minimum Gasteiger partial charge on any atom is -0.455 e. The van der Waals surface area contributed by atoms with E-state index >= 15 is 0 Å². The molecular weight excluding hydrogens is 286 g/mol. The van der Waals surface area contributed by atoms with Crippen LogP contribution in [-0.4, -0.2) is 20.3 Å². The van der Waals surface area contributed by atoms with Crippen molar-refractivity contribution in [2.45, 2.75) is 13.5 Å². The molecule has 0 radical (unpaired) electrons. The lowest BCUT2D eigenvalue weighted by Crippen LogP contribution is -2.18. The van der Waals surface area contributed by atoms with E-state index in [2.05, 4.69) is 5.32 Å². The van der Waals surface area contributed by atoms with Crippen molar-refractivity contribution in [3.05, 3.63) is 58.6 Å². The number of methoxy groups -OCH3 is 1. The van der Waals surface area contributed by atoms with Gasteiger partial charge in [-0.25, -0.2) is 0 Å². The van der Waals surface area contributed by atoms with E-state index in [1.165, 1.54) is 0 Å². The first-order valence-electron chi connectivity index (χ1n) is 6.93. The van der Waals surface area contributed by atoms with Crippen molar-refractivity contribution in [2.24, 2.45) is 0 Å². The average Bonchev–Trinajstić information content (AvgIpc) is 2.49. The lowest BCUT2D eigenvalue weighted by Gasteiger charge is -2.14. The van der Waals surface area contributed by atoms with Crippen LogP contribution in [0.5, 0.6) is 11.5 Å². The molecule has 2 aromatic rings. The molecule has 0 amide bonds. The Bertz CT molecular complexity index is 587. The van der Waals surface area contributed by atoms with Crippen molar-refractivity contribution in [1.29, 1.82) is 0 Å². The summed E-state index contributed by atoms with van der Waals surface area (Å²) in [4.78, 5) is 0. The Labute approximate surface area is 130 Å². The third kappa shape index (κ3) is 4.46. The van der Waals surface area contributed by atoms with Gasteiger partial charge in [0.05, 0.1) is 11.6 Å². The fourth-order valence-electron chi connectivity index (χ4n) is 1.99. The van der Waals surface area contributed by atoms with E-state index in [0.717, 1.165) is 23.4 Å². The normalized spacial score (nSPS) is 10.6. The van der Waals surface area contributed by atoms with Crippen molar-refractivity contribution in [3.8, 4) is 11.5 Å². The van der Waals surface area contributed by atoms with Crippen molar-refractivity contribution in [2.75, 3.05) is 20.3 Å². The number of nitrogens with one attached hydrogen (secondary N) is 1. The lowest BCUT2D eigenvalue weighted by molar-refractivity contribution is 0.199. The highest BCUT2D eigenvalue weighted by Crippen LogP contribution is 2.34. The molecule has 0 aliphatic heterocycles. The van der Waals surface area contributed by atoms with Gasteiger partial charge in [0.15, 0.2) is 5.75 Å². The number of halogens is 1. The van der Waals surface area contributed by atoms with E-state index in [9.17, 15) is 0 Å². The molecule has 3 nitrogen and oxygen atoms in total. The lowest BCUT2D eigenvalue weighted by atomic mass is 10.2. The van der Waals surface area contributed by atoms with Gasteiger partial charge in [-0.2, -0.15) is 0 Å². The number of para-hydroxylation sites is 2. The fourth-order valence-corrected chi connectivity index (χ4v) is 2.22. The maximum absolute atomic E-state index is 6.29. The predicted molar refractivity (Wildman–Crippen MR) is 86.3 cm³/mol. The van der Waals surface area contributed by atoms with E-state index in [1.54, 1.807) is 7.11 Å². The van der Waals surface area contributed by atoms with Crippen LogP contribution in [0.3, 0.4) is 0 Å². The van der Waals surface area contributed by atoms with Gasteiger partial charge < -0.3 is 14.8 Å². The first-order valence-corrected chi connectivity index (χ1v) is 7.30. The standard InChI is InChI=1S/C17H20ClNO2/c1-13-6-3-4-9-16(13)21-17-14(7-5-8-15(17)18)12-19-10-11-20-2/h3-9,19H,10-12H2,1-2H3. The molecule has 2 rings (SSSR count). The second-order valence-corrected chi connectivity index (χ2v) is 5.17. The van der Waals surface area contributed by atoms with E-state index < -0.39 is 0 Å². The van der Waals surface area contributed by atoms with Gasteiger partial charge in [0.25, 0.3) is 0 Å². The van der Waals surface area contributed by atoms with Gasteiger partial charge in [0, 0.05) is 25.8 Å². The van der Waals surface area contributed by atoms with Crippen LogP contribution in [0.2, 0.25) is 5.02 Å². The monoisotopic (exact) mass is 305 g/mol. The van der Waals surface area contributed by atoms with E-state index in [-0.39, 0.29) is 0 Å². The van der Waals surface area contributed by atoms with Crippen molar-refractivity contribution >= 4 is 11.6 Å². The number of aryl methyl sites for hydroxylation is 1. The Morgan fingerprint density at radius 2 is 1.90 bits per heavy atom. The van der Waals surface area contributed by atoms with Crippen LogP contribution in [0.25, 0.3) is 0 Å². The first kappa shape index (κ1) is 15.8. The van der Waals surface area contributed by atoms with Gasteiger partial charge in [0.1, 0.15) is 5.75 Å². The SMILES string of the molecule is COCCNCc1cccc(Cl)c1Oc1ccccc1C. The molecule has 0 aliphatic carbocycles. The third-order valence-electron chi connectivity index (χ3n) is 3.15. The summed E-state index contributed by atoms with van der Waals surface area (Å²) in [7, 11) is 1.69. The van der Waals surface area contributed by atoms with Crippen LogP contribution in [-0.2, 0) is 11.3 Å².